The van der Waals surface area contributed by atoms with Crippen LogP contribution in [0.3, 0.4) is 0 Å². The van der Waals surface area contributed by atoms with Crippen LogP contribution in [-0.2, 0) is 6.42 Å². The lowest BCUT2D eigenvalue weighted by Gasteiger charge is -2.17. The normalized spacial score (nSPS) is 11.8. The third kappa shape index (κ3) is 5.23. The lowest BCUT2D eigenvalue weighted by molar-refractivity contribution is 0.217. The highest BCUT2D eigenvalue weighted by molar-refractivity contribution is 6.30. The Morgan fingerprint density at radius 2 is 1.87 bits per heavy atom. The van der Waals surface area contributed by atoms with Crippen LogP contribution in [0.15, 0.2) is 48.5 Å². The van der Waals surface area contributed by atoms with Crippen molar-refractivity contribution in [3.05, 3.63) is 70.5 Å². The molecule has 0 aliphatic rings. The van der Waals surface area contributed by atoms with Crippen LogP contribution in [0.4, 0.5) is 9.18 Å². The van der Waals surface area contributed by atoms with Crippen LogP contribution in [-0.4, -0.2) is 24.3 Å². The van der Waals surface area contributed by atoms with Gasteiger partial charge in [-0.3, -0.25) is 0 Å². The SMILES string of the molecule is O=C(NCCc1ccccc1F)NC(CO)c1ccc(Cl)cc1. The van der Waals surface area contributed by atoms with Crippen LogP contribution in [0.2, 0.25) is 5.02 Å². The van der Waals surface area contributed by atoms with Crippen molar-refractivity contribution in [3.8, 4) is 0 Å². The molecule has 1 unspecified atom stereocenters. The number of hydrogen-bond acceptors (Lipinski definition) is 2. The van der Waals surface area contributed by atoms with E-state index in [1.54, 1.807) is 42.5 Å². The monoisotopic (exact) mass is 336 g/mol. The number of rotatable bonds is 6. The molecule has 0 heterocycles. The molecule has 2 rings (SSSR count). The number of benzene rings is 2. The highest BCUT2D eigenvalue weighted by Crippen LogP contribution is 2.16. The van der Waals surface area contributed by atoms with Crippen molar-refractivity contribution in [2.24, 2.45) is 0 Å². The van der Waals surface area contributed by atoms with E-state index >= 15 is 0 Å². The first-order valence-electron chi connectivity index (χ1n) is 7.24. The summed E-state index contributed by atoms with van der Waals surface area (Å²) in [5.74, 6) is -0.288. The maximum atomic E-state index is 13.5. The molecule has 0 aromatic heterocycles. The average molecular weight is 337 g/mol. The van der Waals surface area contributed by atoms with Gasteiger partial charge in [0.1, 0.15) is 5.82 Å². The van der Waals surface area contributed by atoms with Crippen molar-refractivity contribution in [1.82, 2.24) is 10.6 Å². The molecule has 23 heavy (non-hydrogen) atoms. The minimum Gasteiger partial charge on any atom is -0.394 e. The fourth-order valence-electron chi connectivity index (χ4n) is 2.15. The van der Waals surface area contributed by atoms with Crippen LogP contribution in [0.5, 0.6) is 0 Å². The molecule has 0 saturated heterocycles. The molecule has 2 aromatic carbocycles. The molecule has 3 N–H and O–H groups in total. The highest BCUT2D eigenvalue weighted by atomic mass is 35.5. The van der Waals surface area contributed by atoms with E-state index in [0.717, 1.165) is 5.56 Å². The molecule has 0 radical (unpaired) electrons. The van der Waals surface area contributed by atoms with Crippen LogP contribution < -0.4 is 10.6 Å². The predicted molar refractivity (Wildman–Crippen MR) is 87.9 cm³/mol. The van der Waals surface area contributed by atoms with Gasteiger partial charge in [0.25, 0.3) is 0 Å². The van der Waals surface area contributed by atoms with E-state index in [1.807, 2.05) is 0 Å². The molecule has 1 atom stereocenters. The third-order valence-corrected chi connectivity index (χ3v) is 3.65. The highest BCUT2D eigenvalue weighted by Gasteiger charge is 2.13. The van der Waals surface area contributed by atoms with Crippen molar-refractivity contribution in [1.29, 1.82) is 0 Å². The molecule has 2 amide bonds. The Labute approximate surface area is 139 Å². The van der Waals surface area contributed by atoms with Gasteiger partial charge in [0, 0.05) is 11.6 Å². The van der Waals surface area contributed by atoms with Gasteiger partial charge < -0.3 is 15.7 Å². The number of amides is 2. The zero-order chi connectivity index (χ0) is 16.7. The number of nitrogens with one attached hydrogen (secondary N) is 2. The second-order valence-corrected chi connectivity index (χ2v) is 5.46. The maximum absolute atomic E-state index is 13.5. The summed E-state index contributed by atoms with van der Waals surface area (Å²) >= 11 is 5.81. The Bertz CT molecular complexity index is 649. The second-order valence-electron chi connectivity index (χ2n) is 5.03. The average Bonchev–Trinajstić information content (AvgIpc) is 2.55. The summed E-state index contributed by atoms with van der Waals surface area (Å²) in [4.78, 5) is 11.9. The number of aliphatic hydroxyl groups is 1. The lowest BCUT2D eigenvalue weighted by Crippen LogP contribution is -2.40. The maximum Gasteiger partial charge on any atom is 0.315 e. The van der Waals surface area contributed by atoms with Gasteiger partial charge in [0.2, 0.25) is 0 Å². The molecule has 2 aromatic rings. The molecule has 0 bridgehead atoms. The number of carbonyl (C=O) groups excluding carboxylic acids is 1. The molecule has 6 heteroatoms. The first-order chi connectivity index (χ1) is 11.1. The number of aliphatic hydroxyl groups excluding tert-OH is 1. The number of urea groups is 1. The van der Waals surface area contributed by atoms with E-state index in [1.165, 1.54) is 6.07 Å². The van der Waals surface area contributed by atoms with Crippen molar-refractivity contribution in [3.63, 3.8) is 0 Å². The van der Waals surface area contributed by atoms with Gasteiger partial charge in [-0.15, -0.1) is 0 Å². The third-order valence-electron chi connectivity index (χ3n) is 3.40. The van der Waals surface area contributed by atoms with Gasteiger partial charge in [-0.2, -0.15) is 0 Å². The molecule has 0 aliphatic carbocycles. The van der Waals surface area contributed by atoms with E-state index in [-0.39, 0.29) is 12.4 Å². The fourth-order valence-corrected chi connectivity index (χ4v) is 2.28. The fraction of sp³-hybridized carbons (Fsp3) is 0.235. The van der Waals surface area contributed by atoms with Crippen molar-refractivity contribution < 1.29 is 14.3 Å². The smallest absolute Gasteiger partial charge is 0.315 e. The minimum absolute atomic E-state index is 0.234. The van der Waals surface area contributed by atoms with E-state index in [0.29, 0.717) is 23.6 Å². The van der Waals surface area contributed by atoms with Gasteiger partial charge in [0.05, 0.1) is 12.6 Å². The summed E-state index contributed by atoms with van der Waals surface area (Å²) in [7, 11) is 0. The minimum atomic E-state index is -0.527. The Kier molecular flexibility index (Phi) is 6.38. The summed E-state index contributed by atoms with van der Waals surface area (Å²) in [5, 5.41) is 15.3. The molecular formula is C17H18ClFN2O2. The quantitative estimate of drug-likeness (QED) is 0.759. The van der Waals surface area contributed by atoms with E-state index < -0.39 is 12.1 Å². The van der Waals surface area contributed by atoms with Crippen molar-refractivity contribution in [2.45, 2.75) is 12.5 Å². The molecular weight excluding hydrogens is 319 g/mol. The number of halogens is 2. The summed E-state index contributed by atoms with van der Waals surface area (Å²) in [6.45, 7) is 0.0634. The Morgan fingerprint density at radius 3 is 2.52 bits per heavy atom. The lowest BCUT2D eigenvalue weighted by atomic mass is 10.1. The van der Waals surface area contributed by atoms with Crippen molar-refractivity contribution >= 4 is 17.6 Å². The van der Waals surface area contributed by atoms with Gasteiger partial charge in [-0.1, -0.05) is 41.9 Å². The molecule has 4 nitrogen and oxygen atoms in total. The molecule has 122 valence electrons. The van der Waals surface area contributed by atoms with Gasteiger partial charge in [0.15, 0.2) is 0 Å². The number of hydrogen-bond donors (Lipinski definition) is 3. The van der Waals surface area contributed by atoms with Crippen molar-refractivity contribution in [2.75, 3.05) is 13.2 Å². The first kappa shape index (κ1) is 17.2. The molecule has 0 fully saturated rings. The predicted octanol–water partition coefficient (Wildman–Crippen LogP) is 3.05. The zero-order valence-electron chi connectivity index (χ0n) is 12.4. The summed E-state index contributed by atoms with van der Waals surface area (Å²) < 4.78 is 13.5. The first-order valence-corrected chi connectivity index (χ1v) is 7.62. The largest absolute Gasteiger partial charge is 0.394 e. The van der Waals surface area contributed by atoms with Crippen LogP contribution in [0.25, 0.3) is 0 Å². The standard InChI is InChI=1S/C17H18ClFN2O2/c18-14-7-5-13(6-8-14)16(11-22)21-17(23)20-10-9-12-3-1-2-4-15(12)19/h1-8,16,22H,9-11H2,(H2,20,21,23). The summed E-state index contributed by atoms with van der Waals surface area (Å²) in [6.07, 6.45) is 0.394. The van der Waals surface area contributed by atoms with Gasteiger partial charge in [-0.25, -0.2) is 9.18 Å². The summed E-state index contributed by atoms with van der Waals surface area (Å²) in [5.41, 5.74) is 1.30. The molecule has 0 saturated carbocycles. The second kappa shape index (κ2) is 8.50. The number of carbonyl (C=O) groups is 1. The van der Waals surface area contributed by atoms with E-state index in [4.69, 9.17) is 11.6 Å². The van der Waals surface area contributed by atoms with Crippen LogP contribution in [0.1, 0.15) is 17.2 Å². The topological polar surface area (TPSA) is 61.4 Å². The zero-order valence-corrected chi connectivity index (χ0v) is 13.2. The van der Waals surface area contributed by atoms with Gasteiger partial charge in [-0.05, 0) is 35.7 Å². The van der Waals surface area contributed by atoms with Crippen LogP contribution >= 0.6 is 11.6 Å². The Morgan fingerprint density at radius 1 is 1.17 bits per heavy atom. The van der Waals surface area contributed by atoms with E-state index in [2.05, 4.69) is 10.6 Å². The van der Waals surface area contributed by atoms with E-state index in [9.17, 15) is 14.3 Å². The van der Waals surface area contributed by atoms with Crippen LogP contribution in [0, 0.1) is 5.82 Å². The van der Waals surface area contributed by atoms with Gasteiger partial charge >= 0.3 is 6.03 Å². The Hall–Kier alpha value is -2.11. The molecule has 0 spiro atoms. The Balaban J connectivity index is 1.83. The molecule has 0 aliphatic heterocycles. The summed E-state index contributed by atoms with van der Waals surface area (Å²) in [6, 6.07) is 12.4.